The molecule has 10 heteroatoms. The number of nitrogens with two attached hydrogens (primary N) is 1. The topological polar surface area (TPSA) is 114 Å². The molecule has 3 N–H and O–H groups in total. The number of morpholine rings is 1. The van der Waals surface area contributed by atoms with Crippen LogP contribution in [0, 0.1) is 0 Å². The van der Waals surface area contributed by atoms with Crippen molar-refractivity contribution in [1.29, 1.82) is 0 Å². The molecule has 1 aromatic carbocycles. The molecule has 6 rings (SSSR count). The Morgan fingerprint density at radius 1 is 1.05 bits per heavy atom. The highest BCUT2D eigenvalue weighted by Gasteiger charge is 2.22. The highest BCUT2D eigenvalue weighted by atomic mass is 16.5. The molecule has 4 aromatic rings. The van der Waals surface area contributed by atoms with Crippen molar-refractivity contribution < 1.29 is 9.53 Å². The van der Waals surface area contributed by atoms with E-state index in [1.54, 1.807) is 6.20 Å². The Bertz CT molecular complexity index is 1500. The van der Waals surface area contributed by atoms with Crippen LogP contribution in [0.15, 0.2) is 67.4 Å². The van der Waals surface area contributed by atoms with Gasteiger partial charge in [0.2, 0.25) is 5.91 Å². The summed E-state index contributed by atoms with van der Waals surface area (Å²) in [5.41, 5.74) is 10.8. The molecule has 0 saturated carbocycles. The number of nitrogen functional groups attached to an aromatic ring is 1. The van der Waals surface area contributed by atoms with Crippen molar-refractivity contribution >= 4 is 28.7 Å². The molecule has 0 radical (unpaired) electrons. The Hall–Kier alpha value is -4.28. The van der Waals surface area contributed by atoms with Gasteiger partial charge < -0.3 is 20.7 Å². The Morgan fingerprint density at radius 2 is 1.82 bits per heavy atom. The summed E-state index contributed by atoms with van der Waals surface area (Å²) in [6, 6.07) is 16.6. The third-order valence-electron chi connectivity index (χ3n) is 7.62. The fraction of sp³-hybridized carbons (Fsp3) is 0.333. The molecule has 2 aliphatic heterocycles. The summed E-state index contributed by atoms with van der Waals surface area (Å²) in [7, 11) is 0. The number of likely N-dealkylation sites (tertiary alicyclic amines) is 1. The molecule has 2 aliphatic rings. The van der Waals surface area contributed by atoms with Crippen molar-refractivity contribution in [2.24, 2.45) is 0 Å². The van der Waals surface area contributed by atoms with Gasteiger partial charge in [0.1, 0.15) is 17.2 Å². The fourth-order valence-electron chi connectivity index (χ4n) is 5.45. The second-order valence-electron chi connectivity index (χ2n) is 10.2. The van der Waals surface area contributed by atoms with Gasteiger partial charge in [0.15, 0.2) is 11.5 Å². The molecule has 0 unspecified atom stereocenters. The number of imidazole rings is 1. The molecule has 1 amide bonds. The third kappa shape index (κ3) is 5.41. The van der Waals surface area contributed by atoms with Gasteiger partial charge >= 0.3 is 0 Å². The van der Waals surface area contributed by atoms with E-state index in [0.717, 1.165) is 73.8 Å². The molecular weight excluding hydrogens is 504 g/mol. The SMILES string of the molecule is C=CC(=O)NC1CCN(Cc2ccc(-n3c(-c4cccnc4N)nc4ccc(N5CCOCC5)nc43)cc2)CC1. The van der Waals surface area contributed by atoms with Crippen molar-refractivity contribution in [2.45, 2.75) is 25.4 Å². The summed E-state index contributed by atoms with van der Waals surface area (Å²) >= 11 is 0. The number of amides is 1. The van der Waals surface area contributed by atoms with Crippen LogP contribution in [-0.2, 0) is 16.1 Å². The minimum atomic E-state index is -0.0972. The first-order valence-electron chi connectivity index (χ1n) is 13.8. The molecular formula is C30H34N8O2. The zero-order chi connectivity index (χ0) is 27.5. The molecule has 40 heavy (non-hydrogen) atoms. The number of pyridine rings is 2. The minimum Gasteiger partial charge on any atom is -0.383 e. The molecule has 5 heterocycles. The Morgan fingerprint density at radius 3 is 2.55 bits per heavy atom. The average Bonchev–Trinajstić information content (AvgIpc) is 3.37. The average molecular weight is 539 g/mol. The van der Waals surface area contributed by atoms with E-state index in [-0.39, 0.29) is 11.9 Å². The number of carbonyl (C=O) groups excluding carboxylic acids is 1. The van der Waals surface area contributed by atoms with Crippen LogP contribution in [0.5, 0.6) is 0 Å². The largest absolute Gasteiger partial charge is 0.383 e. The molecule has 0 atom stereocenters. The molecule has 10 nitrogen and oxygen atoms in total. The zero-order valence-corrected chi connectivity index (χ0v) is 22.5. The first-order chi connectivity index (χ1) is 19.6. The van der Waals surface area contributed by atoms with Crippen LogP contribution in [0.3, 0.4) is 0 Å². The van der Waals surface area contributed by atoms with Crippen LogP contribution in [-0.4, -0.2) is 75.8 Å². The number of hydrogen-bond acceptors (Lipinski definition) is 8. The van der Waals surface area contributed by atoms with E-state index >= 15 is 0 Å². The number of benzene rings is 1. The van der Waals surface area contributed by atoms with Gasteiger partial charge in [-0.2, -0.15) is 0 Å². The maximum absolute atomic E-state index is 11.6. The normalized spacial score (nSPS) is 16.8. The summed E-state index contributed by atoms with van der Waals surface area (Å²) in [6.45, 7) is 9.28. The van der Waals surface area contributed by atoms with Gasteiger partial charge in [-0.25, -0.2) is 15.0 Å². The van der Waals surface area contributed by atoms with Crippen molar-refractivity contribution in [2.75, 3.05) is 50.0 Å². The summed E-state index contributed by atoms with van der Waals surface area (Å²) in [5, 5.41) is 3.02. The molecule has 2 fully saturated rings. The van der Waals surface area contributed by atoms with E-state index < -0.39 is 0 Å². The number of nitrogens with one attached hydrogen (secondary N) is 1. The summed E-state index contributed by atoms with van der Waals surface area (Å²) in [4.78, 5) is 30.6. The molecule has 0 bridgehead atoms. The Kier molecular flexibility index (Phi) is 7.43. The van der Waals surface area contributed by atoms with E-state index in [9.17, 15) is 4.79 Å². The number of aromatic nitrogens is 4. The number of ether oxygens (including phenoxy) is 1. The number of fused-ring (bicyclic) bond motifs is 1. The number of carbonyl (C=O) groups is 1. The van der Waals surface area contributed by atoms with Crippen LogP contribution >= 0.6 is 0 Å². The quantitative estimate of drug-likeness (QED) is 0.345. The van der Waals surface area contributed by atoms with E-state index in [1.165, 1.54) is 11.6 Å². The number of anilines is 2. The Labute approximate surface area is 233 Å². The summed E-state index contributed by atoms with van der Waals surface area (Å²) < 4.78 is 7.61. The molecule has 3 aromatic heterocycles. The molecule has 0 spiro atoms. The van der Waals surface area contributed by atoms with Gasteiger partial charge in [-0.3, -0.25) is 14.3 Å². The smallest absolute Gasteiger partial charge is 0.243 e. The highest BCUT2D eigenvalue weighted by Crippen LogP contribution is 2.31. The highest BCUT2D eigenvalue weighted by molar-refractivity contribution is 5.87. The summed E-state index contributed by atoms with van der Waals surface area (Å²) in [5.74, 6) is 1.95. The first-order valence-corrected chi connectivity index (χ1v) is 13.8. The van der Waals surface area contributed by atoms with Crippen LogP contribution in [0.2, 0.25) is 0 Å². The Balaban J connectivity index is 1.29. The maximum atomic E-state index is 11.6. The van der Waals surface area contributed by atoms with Gasteiger partial charge in [0, 0.05) is 50.6 Å². The second-order valence-corrected chi connectivity index (χ2v) is 10.2. The number of piperidine rings is 1. The second kappa shape index (κ2) is 11.4. The zero-order valence-electron chi connectivity index (χ0n) is 22.5. The van der Waals surface area contributed by atoms with Crippen LogP contribution in [0.1, 0.15) is 18.4 Å². The van der Waals surface area contributed by atoms with Gasteiger partial charge in [-0.1, -0.05) is 18.7 Å². The predicted octanol–water partition coefficient (Wildman–Crippen LogP) is 3.17. The lowest BCUT2D eigenvalue weighted by molar-refractivity contribution is -0.117. The van der Waals surface area contributed by atoms with E-state index in [1.807, 2.05) is 24.3 Å². The third-order valence-corrected chi connectivity index (χ3v) is 7.62. The maximum Gasteiger partial charge on any atom is 0.243 e. The first kappa shape index (κ1) is 26.0. The molecule has 206 valence electrons. The van der Waals surface area contributed by atoms with E-state index in [2.05, 4.69) is 55.5 Å². The van der Waals surface area contributed by atoms with Gasteiger partial charge in [-0.05, 0) is 60.9 Å². The van der Waals surface area contributed by atoms with Crippen molar-refractivity contribution in [3.05, 3.63) is 72.9 Å². The monoisotopic (exact) mass is 538 g/mol. The van der Waals surface area contributed by atoms with E-state index in [4.69, 9.17) is 20.4 Å². The molecule has 0 aliphatic carbocycles. The minimum absolute atomic E-state index is 0.0972. The fourth-order valence-corrected chi connectivity index (χ4v) is 5.45. The summed E-state index contributed by atoms with van der Waals surface area (Å²) in [6.07, 6.45) is 4.90. The van der Waals surface area contributed by atoms with Gasteiger partial charge in [0.05, 0.1) is 18.8 Å². The van der Waals surface area contributed by atoms with Gasteiger partial charge in [-0.15, -0.1) is 0 Å². The lowest BCUT2D eigenvalue weighted by atomic mass is 10.0. The molecule has 2 saturated heterocycles. The lowest BCUT2D eigenvalue weighted by Gasteiger charge is -2.32. The number of nitrogens with zero attached hydrogens (tertiary/aromatic N) is 6. The standard InChI is InChI=1S/C30H34N8O2/c1-2-27(39)33-22-11-14-36(15-12-22)20-21-5-7-23(8-6-21)38-29(24-4-3-13-32-28(24)31)34-25-9-10-26(35-30(25)38)37-16-18-40-19-17-37/h2-10,13,22H,1,11-12,14-20H2,(H2,31,32)(H,33,39). The predicted molar refractivity (Wildman–Crippen MR) is 156 cm³/mol. The van der Waals surface area contributed by atoms with Crippen molar-refractivity contribution in [3.8, 4) is 17.1 Å². The van der Waals surface area contributed by atoms with Crippen LogP contribution in [0.25, 0.3) is 28.2 Å². The number of hydrogen-bond donors (Lipinski definition) is 2. The van der Waals surface area contributed by atoms with E-state index in [0.29, 0.717) is 24.9 Å². The lowest BCUT2D eigenvalue weighted by Crippen LogP contribution is -2.43. The van der Waals surface area contributed by atoms with Crippen LogP contribution < -0.4 is 16.0 Å². The van der Waals surface area contributed by atoms with Crippen molar-refractivity contribution in [3.63, 3.8) is 0 Å². The van der Waals surface area contributed by atoms with Crippen molar-refractivity contribution in [1.82, 2.24) is 29.7 Å². The van der Waals surface area contributed by atoms with Gasteiger partial charge in [0.25, 0.3) is 0 Å². The number of rotatable bonds is 7. The van der Waals surface area contributed by atoms with Crippen LogP contribution in [0.4, 0.5) is 11.6 Å².